The molecule has 1 aliphatic rings. The minimum Gasteiger partial charge on any atom is -0.490 e. The van der Waals surface area contributed by atoms with E-state index in [-0.39, 0.29) is 6.04 Å². The summed E-state index contributed by atoms with van der Waals surface area (Å²) in [5.41, 5.74) is 7.10. The Labute approximate surface area is 105 Å². The van der Waals surface area contributed by atoms with Crippen LogP contribution in [-0.2, 0) is 0 Å². The molecule has 0 saturated carbocycles. The predicted octanol–water partition coefficient (Wildman–Crippen LogP) is 2.49. The molecule has 0 aliphatic carbocycles. The summed E-state index contributed by atoms with van der Waals surface area (Å²) in [7, 11) is 0. The van der Waals surface area contributed by atoms with Crippen molar-refractivity contribution in [2.45, 2.75) is 12.5 Å². The fourth-order valence-electron chi connectivity index (χ4n) is 2.01. The number of hydrogen-bond donors (Lipinski definition) is 1. The van der Waals surface area contributed by atoms with Gasteiger partial charge in [-0.3, -0.25) is 0 Å². The smallest absolute Gasteiger partial charge is 0.161 e. The van der Waals surface area contributed by atoms with Crippen LogP contribution in [0.3, 0.4) is 0 Å². The lowest BCUT2D eigenvalue weighted by Gasteiger charge is -2.13. The number of rotatable bonds is 2. The maximum atomic E-state index is 6.14. The molecule has 2 aromatic rings. The monoisotopic (exact) mass is 245 g/mol. The lowest BCUT2D eigenvalue weighted by Crippen LogP contribution is -2.11. The van der Waals surface area contributed by atoms with Crippen molar-refractivity contribution in [1.29, 1.82) is 0 Å². The molecule has 4 heteroatoms. The van der Waals surface area contributed by atoms with Gasteiger partial charge < -0.3 is 19.6 Å². The molecular weight excluding hydrogens is 230 g/mol. The van der Waals surface area contributed by atoms with Gasteiger partial charge in [0.2, 0.25) is 0 Å². The van der Waals surface area contributed by atoms with Gasteiger partial charge in [-0.2, -0.15) is 0 Å². The summed E-state index contributed by atoms with van der Waals surface area (Å²) in [6.07, 6.45) is 2.52. The molecule has 0 amide bonds. The quantitative estimate of drug-likeness (QED) is 0.883. The summed E-state index contributed by atoms with van der Waals surface area (Å²) in [5, 5.41) is 0. The van der Waals surface area contributed by atoms with Crippen molar-refractivity contribution in [3.8, 4) is 11.5 Å². The first-order valence-corrected chi connectivity index (χ1v) is 6.03. The first kappa shape index (κ1) is 11.2. The van der Waals surface area contributed by atoms with Crippen LogP contribution in [0, 0.1) is 0 Å². The van der Waals surface area contributed by atoms with Crippen LogP contribution in [-0.4, -0.2) is 13.2 Å². The van der Waals surface area contributed by atoms with E-state index in [1.807, 2.05) is 30.3 Å². The van der Waals surface area contributed by atoms with Crippen molar-refractivity contribution >= 4 is 0 Å². The van der Waals surface area contributed by atoms with E-state index in [4.69, 9.17) is 19.6 Å². The Morgan fingerprint density at radius 3 is 2.67 bits per heavy atom. The molecule has 2 heterocycles. The van der Waals surface area contributed by atoms with Crippen LogP contribution >= 0.6 is 0 Å². The SMILES string of the molecule is NC(c1ccc2c(c1)OCCCO2)c1ccco1. The maximum Gasteiger partial charge on any atom is 0.161 e. The van der Waals surface area contributed by atoms with E-state index in [0.717, 1.165) is 29.2 Å². The van der Waals surface area contributed by atoms with Crippen LogP contribution in [0.4, 0.5) is 0 Å². The minimum atomic E-state index is -0.280. The zero-order valence-corrected chi connectivity index (χ0v) is 9.96. The Kier molecular flexibility index (Phi) is 2.94. The molecule has 1 atom stereocenters. The van der Waals surface area contributed by atoms with E-state index < -0.39 is 0 Å². The third kappa shape index (κ3) is 2.07. The van der Waals surface area contributed by atoms with E-state index in [1.165, 1.54) is 0 Å². The summed E-state index contributed by atoms with van der Waals surface area (Å²) >= 11 is 0. The second-order valence-corrected chi connectivity index (χ2v) is 4.25. The van der Waals surface area contributed by atoms with Crippen LogP contribution in [0.15, 0.2) is 41.0 Å². The largest absolute Gasteiger partial charge is 0.490 e. The third-order valence-corrected chi connectivity index (χ3v) is 2.98. The van der Waals surface area contributed by atoms with Crippen molar-refractivity contribution in [2.24, 2.45) is 5.73 Å². The van der Waals surface area contributed by atoms with Gasteiger partial charge in [0.1, 0.15) is 5.76 Å². The normalized spacial score (nSPS) is 16.1. The third-order valence-electron chi connectivity index (χ3n) is 2.98. The van der Waals surface area contributed by atoms with E-state index in [0.29, 0.717) is 13.2 Å². The van der Waals surface area contributed by atoms with Crippen molar-refractivity contribution < 1.29 is 13.9 Å². The van der Waals surface area contributed by atoms with Crippen LogP contribution in [0.1, 0.15) is 23.8 Å². The lowest BCUT2D eigenvalue weighted by atomic mass is 10.0. The van der Waals surface area contributed by atoms with Gasteiger partial charge in [-0.05, 0) is 29.8 Å². The molecule has 0 fully saturated rings. The number of hydrogen-bond acceptors (Lipinski definition) is 4. The fraction of sp³-hybridized carbons (Fsp3) is 0.286. The topological polar surface area (TPSA) is 57.6 Å². The van der Waals surface area contributed by atoms with Crippen molar-refractivity contribution in [1.82, 2.24) is 0 Å². The molecule has 0 radical (unpaired) electrons. The Hall–Kier alpha value is -1.94. The van der Waals surface area contributed by atoms with E-state index in [2.05, 4.69) is 0 Å². The number of furan rings is 1. The molecule has 0 bridgehead atoms. The van der Waals surface area contributed by atoms with Crippen molar-refractivity contribution in [3.63, 3.8) is 0 Å². The number of benzene rings is 1. The standard InChI is InChI=1S/C14H15NO3/c15-14(12-3-1-6-17-12)10-4-5-11-13(9-10)18-8-2-7-16-11/h1,3-6,9,14H,2,7-8,15H2. The van der Waals surface area contributed by atoms with Crippen LogP contribution in [0.2, 0.25) is 0 Å². The number of fused-ring (bicyclic) bond motifs is 1. The number of nitrogens with two attached hydrogens (primary N) is 1. The first-order valence-electron chi connectivity index (χ1n) is 6.03. The van der Waals surface area contributed by atoms with E-state index in [1.54, 1.807) is 6.26 Å². The second kappa shape index (κ2) is 4.74. The molecule has 3 rings (SSSR count). The molecule has 1 unspecified atom stereocenters. The van der Waals surface area contributed by atoms with Gasteiger partial charge in [0.25, 0.3) is 0 Å². The summed E-state index contributed by atoms with van der Waals surface area (Å²) < 4.78 is 16.6. The highest BCUT2D eigenvalue weighted by Gasteiger charge is 2.16. The first-order chi connectivity index (χ1) is 8.84. The molecule has 4 nitrogen and oxygen atoms in total. The molecule has 18 heavy (non-hydrogen) atoms. The van der Waals surface area contributed by atoms with Crippen LogP contribution in [0.25, 0.3) is 0 Å². The van der Waals surface area contributed by atoms with Gasteiger partial charge in [-0.15, -0.1) is 0 Å². The molecule has 1 aromatic heterocycles. The van der Waals surface area contributed by atoms with Gasteiger partial charge in [0.05, 0.1) is 25.5 Å². The highest BCUT2D eigenvalue weighted by atomic mass is 16.5. The van der Waals surface area contributed by atoms with Crippen LogP contribution in [0.5, 0.6) is 11.5 Å². The Morgan fingerprint density at radius 2 is 1.89 bits per heavy atom. The van der Waals surface area contributed by atoms with E-state index >= 15 is 0 Å². The Balaban J connectivity index is 1.92. The highest BCUT2D eigenvalue weighted by Crippen LogP contribution is 2.33. The summed E-state index contributed by atoms with van der Waals surface area (Å²) in [6.45, 7) is 1.36. The minimum absolute atomic E-state index is 0.280. The second-order valence-electron chi connectivity index (χ2n) is 4.25. The summed E-state index contributed by atoms with van der Waals surface area (Å²) in [5.74, 6) is 2.28. The van der Waals surface area contributed by atoms with Crippen molar-refractivity contribution in [3.05, 3.63) is 47.9 Å². The fourth-order valence-corrected chi connectivity index (χ4v) is 2.01. The molecule has 94 valence electrons. The average Bonchev–Trinajstić information content (AvgIpc) is 2.83. The molecule has 1 aliphatic heterocycles. The number of ether oxygens (including phenoxy) is 2. The molecule has 0 saturated heterocycles. The summed E-state index contributed by atoms with van der Waals surface area (Å²) in [4.78, 5) is 0. The summed E-state index contributed by atoms with van der Waals surface area (Å²) in [6, 6.07) is 9.19. The molecule has 1 aromatic carbocycles. The molecular formula is C14H15NO3. The average molecular weight is 245 g/mol. The van der Waals surface area contributed by atoms with Gasteiger partial charge in [0, 0.05) is 6.42 Å². The zero-order chi connectivity index (χ0) is 12.4. The molecule has 0 spiro atoms. The van der Waals surface area contributed by atoms with E-state index in [9.17, 15) is 0 Å². The highest BCUT2D eigenvalue weighted by molar-refractivity contribution is 5.45. The Bertz CT molecular complexity index is 522. The van der Waals surface area contributed by atoms with Gasteiger partial charge in [0.15, 0.2) is 11.5 Å². The predicted molar refractivity (Wildman–Crippen MR) is 66.8 cm³/mol. The molecule has 2 N–H and O–H groups in total. The lowest BCUT2D eigenvalue weighted by molar-refractivity contribution is 0.297. The van der Waals surface area contributed by atoms with Gasteiger partial charge in [-0.25, -0.2) is 0 Å². The Morgan fingerprint density at radius 1 is 1.06 bits per heavy atom. The van der Waals surface area contributed by atoms with Crippen molar-refractivity contribution in [2.75, 3.05) is 13.2 Å². The zero-order valence-electron chi connectivity index (χ0n) is 9.96. The maximum absolute atomic E-state index is 6.14. The van der Waals surface area contributed by atoms with Gasteiger partial charge >= 0.3 is 0 Å². The van der Waals surface area contributed by atoms with Crippen LogP contribution < -0.4 is 15.2 Å². The van der Waals surface area contributed by atoms with Gasteiger partial charge in [-0.1, -0.05) is 6.07 Å².